The second kappa shape index (κ2) is 6.18. The number of halogens is 3. The SMILES string of the molecule is Cc1cccc(Oc2ccc(CCN)cc2C(F)(F)F)c1. The molecule has 2 N–H and O–H groups in total. The Morgan fingerprint density at radius 1 is 1.10 bits per heavy atom. The Kier molecular flexibility index (Phi) is 4.53. The number of nitrogens with two attached hydrogens (primary N) is 1. The zero-order valence-electron chi connectivity index (χ0n) is 11.6. The lowest BCUT2D eigenvalue weighted by Crippen LogP contribution is -2.09. The van der Waals surface area contributed by atoms with E-state index in [1.807, 2.05) is 13.0 Å². The second-order valence-corrected chi connectivity index (χ2v) is 4.79. The fraction of sp³-hybridized carbons (Fsp3) is 0.250. The zero-order chi connectivity index (χ0) is 15.5. The molecular weight excluding hydrogens is 279 g/mol. The third-order valence-corrected chi connectivity index (χ3v) is 3.00. The molecule has 21 heavy (non-hydrogen) atoms. The summed E-state index contributed by atoms with van der Waals surface area (Å²) in [6.07, 6.45) is -4.07. The molecule has 2 nitrogen and oxygen atoms in total. The highest BCUT2D eigenvalue weighted by Gasteiger charge is 2.34. The van der Waals surface area contributed by atoms with Crippen LogP contribution in [0.1, 0.15) is 16.7 Å². The molecule has 0 unspecified atom stereocenters. The molecule has 0 amide bonds. The molecule has 0 fully saturated rings. The van der Waals surface area contributed by atoms with E-state index in [0.29, 0.717) is 24.3 Å². The van der Waals surface area contributed by atoms with Crippen LogP contribution in [0.25, 0.3) is 0 Å². The molecule has 5 heteroatoms. The topological polar surface area (TPSA) is 35.2 Å². The molecular formula is C16H16F3NO. The van der Waals surface area contributed by atoms with Gasteiger partial charge in [0.1, 0.15) is 11.5 Å². The van der Waals surface area contributed by atoms with Gasteiger partial charge in [-0.25, -0.2) is 0 Å². The summed E-state index contributed by atoms with van der Waals surface area (Å²) in [4.78, 5) is 0. The van der Waals surface area contributed by atoms with E-state index in [0.717, 1.165) is 11.6 Å². The second-order valence-electron chi connectivity index (χ2n) is 4.79. The first-order chi connectivity index (χ1) is 9.90. The van der Waals surface area contributed by atoms with E-state index < -0.39 is 11.7 Å². The van der Waals surface area contributed by atoms with Crippen LogP contribution in [0.3, 0.4) is 0 Å². The van der Waals surface area contributed by atoms with Crippen molar-refractivity contribution in [3.63, 3.8) is 0 Å². The number of ether oxygens (including phenoxy) is 1. The predicted molar refractivity (Wildman–Crippen MR) is 75.5 cm³/mol. The Bertz CT molecular complexity index is 623. The van der Waals surface area contributed by atoms with Crippen molar-refractivity contribution in [2.24, 2.45) is 5.73 Å². The van der Waals surface area contributed by atoms with Gasteiger partial charge in [-0.2, -0.15) is 13.2 Å². The number of rotatable bonds is 4. The van der Waals surface area contributed by atoms with Crippen LogP contribution in [-0.2, 0) is 12.6 Å². The van der Waals surface area contributed by atoms with Crippen molar-refractivity contribution in [2.75, 3.05) is 6.54 Å². The molecule has 0 saturated carbocycles. The molecule has 2 rings (SSSR count). The minimum Gasteiger partial charge on any atom is -0.457 e. The fourth-order valence-electron chi connectivity index (χ4n) is 2.02. The number of alkyl halides is 3. The first kappa shape index (κ1) is 15.4. The highest BCUT2D eigenvalue weighted by Crippen LogP contribution is 2.38. The van der Waals surface area contributed by atoms with Crippen LogP contribution >= 0.6 is 0 Å². The Morgan fingerprint density at radius 3 is 2.48 bits per heavy atom. The van der Waals surface area contributed by atoms with Gasteiger partial charge in [0.15, 0.2) is 0 Å². The third kappa shape index (κ3) is 3.98. The van der Waals surface area contributed by atoms with E-state index in [1.165, 1.54) is 6.07 Å². The summed E-state index contributed by atoms with van der Waals surface area (Å²) in [6, 6.07) is 10.9. The molecule has 0 heterocycles. The summed E-state index contributed by atoms with van der Waals surface area (Å²) in [5.41, 5.74) is 6.06. The molecule has 0 aliphatic rings. The molecule has 0 radical (unpaired) electrons. The van der Waals surface area contributed by atoms with Gasteiger partial charge in [0.25, 0.3) is 0 Å². The van der Waals surface area contributed by atoms with Crippen molar-refractivity contribution in [3.05, 3.63) is 59.2 Å². The van der Waals surface area contributed by atoms with Gasteiger partial charge in [-0.3, -0.25) is 0 Å². The monoisotopic (exact) mass is 295 g/mol. The highest BCUT2D eigenvalue weighted by molar-refractivity contribution is 5.43. The molecule has 0 aromatic heterocycles. The Labute approximate surface area is 121 Å². The van der Waals surface area contributed by atoms with Crippen LogP contribution in [-0.4, -0.2) is 6.54 Å². The first-order valence-corrected chi connectivity index (χ1v) is 6.55. The van der Waals surface area contributed by atoms with Gasteiger partial charge in [0.05, 0.1) is 5.56 Å². The average molecular weight is 295 g/mol. The molecule has 0 aliphatic carbocycles. The Hall–Kier alpha value is -2.01. The Morgan fingerprint density at radius 2 is 1.86 bits per heavy atom. The standard InChI is InChI=1S/C16H16F3NO/c1-11-3-2-4-13(9-11)21-15-6-5-12(7-8-20)10-14(15)16(17,18)19/h2-6,9-10H,7-8,20H2,1H3. The van der Waals surface area contributed by atoms with Crippen LogP contribution in [0.2, 0.25) is 0 Å². The highest BCUT2D eigenvalue weighted by atomic mass is 19.4. The molecule has 112 valence electrons. The molecule has 0 spiro atoms. The van der Waals surface area contributed by atoms with Crippen molar-refractivity contribution in [2.45, 2.75) is 19.5 Å². The van der Waals surface area contributed by atoms with Gasteiger partial charge in [0, 0.05) is 0 Å². The molecule has 0 bridgehead atoms. The van der Waals surface area contributed by atoms with E-state index in [4.69, 9.17) is 10.5 Å². The van der Waals surface area contributed by atoms with Gasteiger partial charge in [-0.1, -0.05) is 18.2 Å². The third-order valence-electron chi connectivity index (χ3n) is 3.00. The zero-order valence-corrected chi connectivity index (χ0v) is 11.6. The van der Waals surface area contributed by atoms with Crippen molar-refractivity contribution >= 4 is 0 Å². The van der Waals surface area contributed by atoms with E-state index in [-0.39, 0.29) is 5.75 Å². The maximum absolute atomic E-state index is 13.1. The quantitative estimate of drug-likeness (QED) is 0.912. The maximum Gasteiger partial charge on any atom is 0.419 e. The van der Waals surface area contributed by atoms with Crippen molar-refractivity contribution in [3.8, 4) is 11.5 Å². The fourth-order valence-corrected chi connectivity index (χ4v) is 2.02. The maximum atomic E-state index is 13.1. The molecule has 0 atom stereocenters. The van der Waals surface area contributed by atoms with Gasteiger partial charge in [-0.05, 0) is 55.3 Å². The largest absolute Gasteiger partial charge is 0.457 e. The lowest BCUT2D eigenvalue weighted by Gasteiger charge is -2.15. The molecule has 2 aromatic carbocycles. The average Bonchev–Trinajstić information content (AvgIpc) is 2.39. The van der Waals surface area contributed by atoms with E-state index >= 15 is 0 Å². The predicted octanol–water partition coefficient (Wildman–Crippen LogP) is 4.31. The van der Waals surface area contributed by atoms with Crippen LogP contribution in [0, 0.1) is 6.92 Å². The van der Waals surface area contributed by atoms with E-state index in [2.05, 4.69) is 0 Å². The number of benzene rings is 2. The van der Waals surface area contributed by atoms with Gasteiger partial charge in [-0.15, -0.1) is 0 Å². The minimum absolute atomic E-state index is 0.200. The summed E-state index contributed by atoms with van der Waals surface area (Å²) in [6.45, 7) is 2.15. The molecule has 0 aliphatic heterocycles. The number of hydrogen-bond acceptors (Lipinski definition) is 2. The lowest BCUT2D eigenvalue weighted by atomic mass is 10.1. The minimum atomic E-state index is -4.47. The van der Waals surface area contributed by atoms with E-state index in [9.17, 15) is 13.2 Å². The number of hydrogen-bond donors (Lipinski definition) is 1. The van der Waals surface area contributed by atoms with Crippen molar-refractivity contribution in [1.29, 1.82) is 0 Å². The number of aryl methyl sites for hydroxylation is 1. The molecule has 2 aromatic rings. The smallest absolute Gasteiger partial charge is 0.419 e. The van der Waals surface area contributed by atoms with Crippen molar-refractivity contribution in [1.82, 2.24) is 0 Å². The van der Waals surface area contributed by atoms with Crippen molar-refractivity contribution < 1.29 is 17.9 Å². The normalized spacial score (nSPS) is 11.5. The summed E-state index contributed by atoms with van der Waals surface area (Å²) < 4.78 is 44.8. The van der Waals surface area contributed by atoms with Gasteiger partial charge in [0.2, 0.25) is 0 Å². The summed E-state index contributed by atoms with van der Waals surface area (Å²) in [5.74, 6) is 0.181. The van der Waals surface area contributed by atoms with Gasteiger partial charge < -0.3 is 10.5 Å². The first-order valence-electron chi connectivity index (χ1n) is 6.55. The molecule has 0 saturated heterocycles. The van der Waals surface area contributed by atoms with Gasteiger partial charge >= 0.3 is 6.18 Å². The summed E-state index contributed by atoms with van der Waals surface area (Å²) in [7, 11) is 0. The van der Waals surface area contributed by atoms with Crippen LogP contribution in [0.5, 0.6) is 11.5 Å². The van der Waals surface area contributed by atoms with Crippen LogP contribution in [0.4, 0.5) is 13.2 Å². The van der Waals surface area contributed by atoms with E-state index in [1.54, 1.807) is 24.3 Å². The van der Waals surface area contributed by atoms with Crippen LogP contribution in [0.15, 0.2) is 42.5 Å². The summed E-state index contributed by atoms with van der Waals surface area (Å²) in [5, 5.41) is 0. The Balaban J connectivity index is 2.38. The summed E-state index contributed by atoms with van der Waals surface area (Å²) >= 11 is 0. The van der Waals surface area contributed by atoms with Crippen LogP contribution < -0.4 is 10.5 Å². The lowest BCUT2D eigenvalue weighted by molar-refractivity contribution is -0.138.